The Kier molecular flexibility index (Phi) is 7.87. The fourth-order valence-electron chi connectivity index (χ4n) is 2.76. The molecule has 0 amide bonds. The molecule has 1 heterocycles. The third kappa shape index (κ3) is 5.25. The molecular formula is C20H22FIN4O2. The first-order valence-electron chi connectivity index (χ1n) is 8.67. The lowest BCUT2D eigenvalue weighted by Crippen LogP contribution is -2.38. The number of fused-ring (bicyclic) bond motifs is 1. The summed E-state index contributed by atoms with van der Waals surface area (Å²) < 4.78 is 24.8. The highest BCUT2D eigenvalue weighted by Gasteiger charge is 2.15. The van der Waals surface area contributed by atoms with Gasteiger partial charge in [0.2, 0.25) is 6.79 Å². The van der Waals surface area contributed by atoms with E-state index in [0.717, 1.165) is 17.1 Å². The molecule has 0 atom stereocenters. The van der Waals surface area contributed by atoms with E-state index in [1.165, 1.54) is 6.07 Å². The van der Waals surface area contributed by atoms with Crippen LogP contribution in [0.5, 0.6) is 11.5 Å². The number of nitrogens with zero attached hydrogens (tertiary/aromatic N) is 3. The molecule has 28 heavy (non-hydrogen) atoms. The predicted molar refractivity (Wildman–Crippen MR) is 115 cm³/mol. The Morgan fingerprint density at radius 3 is 2.75 bits per heavy atom. The quantitative estimate of drug-likeness (QED) is 0.389. The van der Waals surface area contributed by atoms with Gasteiger partial charge >= 0.3 is 0 Å². The van der Waals surface area contributed by atoms with E-state index < -0.39 is 5.82 Å². The van der Waals surface area contributed by atoms with Crippen molar-refractivity contribution in [2.75, 3.05) is 20.4 Å². The van der Waals surface area contributed by atoms with Crippen LogP contribution in [-0.4, -0.2) is 31.2 Å². The Morgan fingerprint density at radius 1 is 1.25 bits per heavy atom. The van der Waals surface area contributed by atoms with Gasteiger partial charge in [0.15, 0.2) is 17.5 Å². The molecule has 0 unspecified atom stereocenters. The summed E-state index contributed by atoms with van der Waals surface area (Å²) >= 11 is 0. The van der Waals surface area contributed by atoms with Crippen LogP contribution in [0.4, 0.5) is 4.39 Å². The molecular weight excluding hydrogens is 474 g/mol. The highest BCUT2D eigenvalue weighted by Crippen LogP contribution is 2.32. The van der Waals surface area contributed by atoms with Gasteiger partial charge in [0.05, 0.1) is 18.2 Å². The first-order valence-corrected chi connectivity index (χ1v) is 8.67. The monoisotopic (exact) mass is 496 g/mol. The van der Waals surface area contributed by atoms with Crippen molar-refractivity contribution in [3.8, 4) is 17.6 Å². The average molecular weight is 496 g/mol. The molecule has 0 spiro atoms. The smallest absolute Gasteiger partial charge is 0.231 e. The third-order valence-electron chi connectivity index (χ3n) is 4.13. The summed E-state index contributed by atoms with van der Waals surface area (Å²) in [6.07, 6.45) is 0. The van der Waals surface area contributed by atoms with Crippen molar-refractivity contribution >= 4 is 29.9 Å². The zero-order valence-corrected chi connectivity index (χ0v) is 18.1. The molecule has 1 aliphatic rings. The van der Waals surface area contributed by atoms with E-state index in [1.54, 1.807) is 12.1 Å². The molecule has 0 fully saturated rings. The Bertz CT molecular complexity index is 898. The SMILES string of the molecule is CCNC(=NCc1ccc(C#N)cc1F)N(C)Cc1ccc2c(c1)OCO2.I. The number of ether oxygens (including phenoxy) is 2. The average Bonchev–Trinajstić information content (AvgIpc) is 3.13. The zero-order valence-electron chi connectivity index (χ0n) is 15.7. The summed E-state index contributed by atoms with van der Waals surface area (Å²) in [6.45, 7) is 3.71. The number of halogens is 2. The minimum absolute atomic E-state index is 0. The minimum Gasteiger partial charge on any atom is -0.454 e. The first kappa shape index (κ1) is 21.8. The van der Waals surface area contributed by atoms with Gasteiger partial charge in [0.1, 0.15) is 5.82 Å². The van der Waals surface area contributed by atoms with Crippen molar-refractivity contribution in [2.45, 2.75) is 20.0 Å². The second kappa shape index (κ2) is 10.1. The highest BCUT2D eigenvalue weighted by molar-refractivity contribution is 14.0. The molecule has 0 saturated carbocycles. The molecule has 6 nitrogen and oxygen atoms in total. The zero-order chi connectivity index (χ0) is 19.2. The Hall–Kier alpha value is -2.54. The van der Waals surface area contributed by atoms with E-state index in [2.05, 4.69) is 10.3 Å². The van der Waals surface area contributed by atoms with E-state index in [1.807, 2.05) is 43.1 Å². The lowest BCUT2D eigenvalue weighted by atomic mass is 10.1. The molecule has 1 N–H and O–H groups in total. The van der Waals surface area contributed by atoms with Crippen LogP contribution in [0.2, 0.25) is 0 Å². The summed E-state index contributed by atoms with van der Waals surface area (Å²) in [7, 11) is 1.92. The van der Waals surface area contributed by atoms with Crippen LogP contribution in [0.15, 0.2) is 41.4 Å². The van der Waals surface area contributed by atoms with Crippen molar-refractivity contribution < 1.29 is 13.9 Å². The fourth-order valence-corrected chi connectivity index (χ4v) is 2.76. The van der Waals surface area contributed by atoms with Crippen molar-refractivity contribution in [1.29, 1.82) is 5.26 Å². The summed E-state index contributed by atoms with van der Waals surface area (Å²) in [5, 5.41) is 12.0. The summed E-state index contributed by atoms with van der Waals surface area (Å²) in [4.78, 5) is 6.48. The number of hydrogen-bond donors (Lipinski definition) is 1. The van der Waals surface area contributed by atoms with Crippen molar-refractivity contribution in [1.82, 2.24) is 10.2 Å². The molecule has 0 aliphatic carbocycles. The molecule has 1 aliphatic heterocycles. The van der Waals surface area contributed by atoms with E-state index in [9.17, 15) is 4.39 Å². The summed E-state index contributed by atoms with van der Waals surface area (Å²) in [5.74, 6) is 1.73. The molecule has 0 radical (unpaired) electrons. The predicted octanol–water partition coefficient (Wildman–Crippen LogP) is 3.64. The summed E-state index contributed by atoms with van der Waals surface area (Å²) in [6, 6.07) is 12.2. The van der Waals surface area contributed by atoms with E-state index in [4.69, 9.17) is 14.7 Å². The van der Waals surface area contributed by atoms with Gasteiger partial charge in [-0.2, -0.15) is 5.26 Å². The minimum atomic E-state index is -0.424. The van der Waals surface area contributed by atoms with Gasteiger partial charge in [-0.3, -0.25) is 0 Å². The van der Waals surface area contributed by atoms with Crippen LogP contribution in [0.1, 0.15) is 23.6 Å². The number of nitrogens with one attached hydrogen (secondary N) is 1. The normalized spacial score (nSPS) is 12.1. The third-order valence-corrected chi connectivity index (χ3v) is 4.13. The Morgan fingerprint density at radius 2 is 2.04 bits per heavy atom. The number of benzene rings is 2. The number of hydrogen-bond acceptors (Lipinski definition) is 4. The van der Waals surface area contributed by atoms with E-state index >= 15 is 0 Å². The first-order chi connectivity index (χ1) is 13.1. The van der Waals surface area contributed by atoms with Crippen molar-refractivity contribution in [2.24, 2.45) is 4.99 Å². The maximum absolute atomic E-state index is 14.1. The number of guanidine groups is 1. The largest absolute Gasteiger partial charge is 0.454 e. The maximum atomic E-state index is 14.1. The maximum Gasteiger partial charge on any atom is 0.231 e. The summed E-state index contributed by atoms with van der Waals surface area (Å²) in [5.41, 5.74) is 1.80. The molecule has 3 rings (SSSR count). The second-order valence-electron chi connectivity index (χ2n) is 6.13. The standard InChI is InChI=1S/C20H21FN4O2.HI/c1-3-23-20(24-11-16-6-4-14(10-22)8-17(16)21)25(2)12-15-5-7-18-19(9-15)27-13-26-18;/h4-9H,3,11-13H2,1-2H3,(H,23,24);1H. The lowest BCUT2D eigenvalue weighted by Gasteiger charge is -2.22. The molecule has 0 aromatic heterocycles. The van der Waals surface area contributed by atoms with Gasteiger partial charge < -0.3 is 19.7 Å². The van der Waals surface area contributed by atoms with Crippen LogP contribution in [0.25, 0.3) is 0 Å². The number of aliphatic imine (C=N–C) groups is 1. The molecule has 8 heteroatoms. The van der Waals surface area contributed by atoms with Crippen molar-refractivity contribution in [3.05, 3.63) is 58.9 Å². The van der Waals surface area contributed by atoms with Crippen LogP contribution in [0, 0.1) is 17.1 Å². The topological polar surface area (TPSA) is 69.9 Å². The van der Waals surface area contributed by atoms with Crippen LogP contribution in [0.3, 0.4) is 0 Å². The lowest BCUT2D eigenvalue weighted by molar-refractivity contribution is 0.174. The van der Waals surface area contributed by atoms with Gasteiger partial charge in [0.25, 0.3) is 0 Å². The second-order valence-corrected chi connectivity index (χ2v) is 6.13. The number of nitriles is 1. The van der Waals surface area contributed by atoms with E-state index in [-0.39, 0.29) is 37.3 Å². The molecule has 2 aromatic carbocycles. The Labute approximate surface area is 181 Å². The molecule has 2 aromatic rings. The Balaban J connectivity index is 0.00000280. The molecule has 0 bridgehead atoms. The van der Waals surface area contributed by atoms with Gasteiger partial charge in [-0.15, -0.1) is 24.0 Å². The van der Waals surface area contributed by atoms with Gasteiger partial charge in [-0.05, 0) is 36.8 Å². The van der Waals surface area contributed by atoms with Crippen molar-refractivity contribution in [3.63, 3.8) is 0 Å². The van der Waals surface area contributed by atoms with Crippen LogP contribution in [-0.2, 0) is 13.1 Å². The van der Waals surface area contributed by atoms with Gasteiger partial charge in [-0.25, -0.2) is 9.38 Å². The van der Waals surface area contributed by atoms with Crippen LogP contribution >= 0.6 is 24.0 Å². The fraction of sp³-hybridized carbons (Fsp3) is 0.300. The van der Waals surface area contributed by atoms with Gasteiger partial charge in [-0.1, -0.05) is 12.1 Å². The van der Waals surface area contributed by atoms with Gasteiger partial charge in [0, 0.05) is 25.7 Å². The molecule has 148 valence electrons. The number of rotatable bonds is 5. The molecule has 0 saturated heterocycles. The van der Waals surface area contributed by atoms with E-state index in [0.29, 0.717) is 30.2 Å². The highest BCUT2D eigenvalue weighted by atomic mass is 127. The van der Waals surface area contributed by atoms with Crippen LogP contribution < -0.4 is 14.8 Å².